The second-order valence-electron chi connectivity index (χ2n) is 5.89. The standard InChI is InChI=1S/C22H18FN3O2/c23-19-14-8-7-13-18(19)22(28)24-15-20(16-9-3-1-4-10-16)25-26-21(27)17-11-5-2-6-12-17/h1-14H,15H2,(H,24,28)(H,26,27)/b25-20-. The molecule has 3 rings (SSSR count). The lowest BCUT2D eigenvalue weighted by molar-refractivity contribution is 0.0950. The van der Waals surface area contributed by atoms with Crippen LogP contribution in [0.25, 0.3) is 0 Å². The Kier molecular flexibility index (Phi) is 6.25. The van der Waals surface area contributed by atoms with Crippen molar-refractivity contribution in [3.63, 3.8) is 0 Å². The maximum absolute atomic E-state index is 13.8. The highest BCUT2D eigenvalue weighted by Crippen LogP contribution is 2.07. The lowest BCUT2D eigenvalue weighted by Crippen LogP contribution is -2.32. The monoisotopic (exact) mass is 375 g/mol. The molecule has 3 aromatic carbocycles. The van der Waals surface area contributed by atoms with Crippen molar-refractivity contribution < 1.29 is 14.0 Å². The van der Waals surface area contributed by atoms with E-state index in [1.807, 2.05) is 36.4 Å². The third-order valence-corrected chi connectivity index (χ3v) is 3.97. The summed E-state index contributed by atoms with van der Waals surface area (Å²) in [6.45, 7) is 0.0201. The molecule has 0 bridgehead atoms. The van der Waals surface area contributed by atoms with Crippen molar-refractivity contribution in [2.24, 2.45) is 5.10 Å². The first-order chi connectivity index (χ1) is 13.6. The van der Waals surface area contributed by atoms with E-state index in [0.717, 1.165) is 5.56 Å². The number of hydrogen-bond acceptors (Lipinski definition) is 3. The van der Waals surface area contributed by atoms with Crippen LogP contribution in [0.15, 0.2) is 90.0 Å². The molecule has 28 heavy (non-hydrogen) atoms. The van der Waals surface area contributed by atoms with E-state index in [1.54, 1.807) is 30.3 Å². The summed E-state index contributed by atoms with van der Waals surface area (Å²) < 4.78 is 13.8. The summed E-state index contributed by atoms with van der Waals surface area (Å²) in [7, 11) is 0. The van der Waals surface area contributed by atoms with E-state index in [1.165, 1.54) is 18.2 Å². The summed E-state index contributed by atoms with van der Waals surface area (Å²) in [6.07, 6.45) is 0. The van der Waals surface area contributed by atoms with Gasteiger partial charge in [0.2, 0.25) is 0 Å². The largest absolute Gasteiger partial charge is 0.346 e. The van der Waals surface area contributed by atoms with Gasteiger partial charge in [0.15, 0.2) is 0 Å². The van der Waals surface area contributed by atoms with Crippen molar-refractivity contribution in [2.45, 2.75) is 0 Å². The number of carbonyl (C=O) groups excluding carboxylic acids is 2. The van der Waals surface area contributed by atoms with E-state index >= 15 is 0 Å². The van der Waals surface area contributed by atoms with E-state index in [-0.39, 0.29) is 18.0 Å². The van der Waals surface area contributed by atoms with Gasteiger partial charge in [0, 0.05) is 5.56 Å². The van der Waals surface area contributed by atoms with Crippen LogP contribution in [0.3, 0.4) is 0 Å². The zero-order valence-corrected chi connectivity index (χ0v) is 14.9. The number of nitrogens with one attached hydrogen (secondary N) is 2. The number of amides is 2. The van der Waals surface area contributed by atoms with Crippen molar-refractivity contribution in [3.05, 3.63) is 107 Å². The molecule has 2 amide bonds. The maximum Gasteiger partial charge on any atom is 0.271 e. The predicted molar refractivity (Wildman–Crippen MR) is 106 cm³/mol. The summed E-state index contributed by atoms with van der Waals surface area (Å²) in [4.78, 5) is 24.5. The SMILES string of the molecule is O=C(N/N=C(/CNC(=O)c1ccccc1F)c1ccccc1)c1ccccc1. The third-order valence-electron chi connectivity index (χ3n) is 3.97. The molecule has 0 saturated carbocycles. The van der Waals surface area contributed by atoms with Crippen LogP contribution in [0.2, 0.25) is 0 Å². The highest BCUT2D eigenvalue weighted by atomic mass is 19.1. The van der Waals surface area contributed by atoms with Crippen LogP contribution in [0.1, 0.15) is 26.3 Å². The van der Waals surface area contributed by atoms with Gasteiger partial charge in [-0.15, -0.1) is 0 Å². The highest BCUT2D eigenvalue weighted by molar-refractivity contribution is 6.06. The van der Waals surface area contributed by atoms with E-state index in [0.29, 0.717) is 11.3 Å². The Bertz CT molecular complexity index is 989. The first-order valence-corrected chi connectivity index (χ1v) is 8.65. The van der Waals surface area contributed by atoms with Crippen LogP contribution >= 0.6 is 0 Å². The molecule has 0 aromatic heterocycles. The van der Waals surface area contributed by atoms with Crippen LogP contribution < -0.4 is 10.7 Å². The fourth-order valence-corrected chi connectivity index (χ4v) is 2.51. The summed E-state index contributed by atoms with van der Waals surface area (Å²) in [5, 5.41) is 6.81. The second kappa shape index (κ2) is 9.23. The normalized spacial score (nSPS) is 11.0. The van der Waals surface area contributed by atoms with Gasteiger partial charge in [-0.1, -0.05) is 60.7 Å². The molecule has 0 unspecified atom stereocenters. The third kappa shape index (κ3) is 4.88. The molecule has 0 spiro atoms. The Morgan fingerprint density at radius 2 is 1.32 bits per heavy atom. The number of hydrogen-bond donors (Lipinski definition) is 2. The Labute approximate surface area is 161 Å². The van der Waals surface area contributed by atoms with Crippen molar-refractivity contribution in [3.8, 4) is 0 Å². The molecule has 0 fully saturated rings. The van der Waals surface area contributed by atoms with Gasteiger partial charge in [0.05, 0.1) is 17.8 Å². The Morgan fingerprint density at radius 1 is 0.750 bits per heavy atom. The fourth-order valence-electron chi connectivity index (χ4n) is 2.51. The van der Waals surface area contributed by atoms with Gasteiger partial charge in [-0.25, -0.2) is 9.82 Å². The van der Waals surface area contributed by atoms with Crippen molar-refractivity contribution >= 4 is 17.5 Å². The lowest BCUT2D eigenvalue weighted by Gasteiger charge is -2.10. The van der Waals surface area contributed by atoms with Gasteiger partial charge >= 0.3 is 0 Å². The molecule has 2 N–H and O–H groups in total. The van der Waals surface area contributed by atoms with Gasteiger partial charge in [-0.2, -0.15) is 5.10 Å². The minimum atomic E-state index is -0.601. The maximum atomic E-state index is 13.8. The number of carbonyl (C=O) groups is 2. The first kappa shape index (κ1) is 19.0. The minimum Gasteiger partial charge on any atom is -0.346 e. The average molecular weight is 375 g/mol. The zero-order chi connectivity index (χ0) is 19.8. The van der Waals surface area contributed by atoms with Gasteiger partial charge in [0.1, 0.15) is 5.82 Å². The van der Waals surface area contributed by atoms with Crippen molar-refractivity contribution in [2.75, 3.05) is 6.54 Å². The molecule has 3 aromatic rings. The Morgan fingerprint density at radius 3 is 1.96 bits per heavy atom. The van der Waals surface area contributed by atoms with Crippen LogP contribution in [0.4, 0.5) is 4.39 Å². The molecule has 6 heteroatoms. The topological polar surface area (TPSA) is 70.6 Å². The molecular weight excluding hydrogens is 357 g/mol. The summed E-state index contributed by atoms with van der Waals surface area (Å²) in [6, 6.07) is 23.5. The van der Waals surface area contributed by atoms with Crippen LogP contribution in [-0.2, 0) is 0 Å². The summed E-state index contributed by atoms with van der Waals surface area (Å²) in [5.74, 6) is -1.53. The summed E-state index contributed by atoms with van der Waals surface area (Å²) in [5.41, 5.74) is 4.08. The Hall–Kier alpha value is -3.80. The van der Waals surface area contributed by atoms with Crippen molar-refractivity contribution in [1.82, 2.24) is 10.7 Å². The smallest absolute Gasteiger partial charge is 0.271 e. The molecule has 0 aliphatic heterocycles. The molecule has 0 heterocycles. The van der Waals surface area contributed by atoms with Crippen LogP contribution in [0.5, 0.6) is 0 Å². The van der Waals surface area contributed by atoms with Crippen molar-refractivity contribution in [1.29, 1.82) is 0 Å². The van der Waals surface area contributed by atoms with Crippen LogP contribution in [0, 0.1) is 5.82 Å². The average Bonchev–Trinajstić information content (AvgIpc) is 2.75. The van der Waals surface area contributed by atoms with E-state index in [9.17, 15) is 14.0 Å². The number of hydrazone groups is 1. The quantitative estimate of drug-likeness (QED) is 0.512. The molecular formula is C22H18FN3O2. The molecule has 0 saturated heterocycles. The van der Waals surface area contributed by atoms with E-state index < -0.39 is 11.7 Å². The first-order valence-electron chi connectivity index (χ1n) is 8.65. The predicted octanol–water partition coefficient (Wildman–Crippen LogP) is 3.39. The number of benzene rings is 3. The molecule has 0 aliphatic carbocycles. The van der Waals surface area contributed by atoms with E-state index in [4.69, 9.17) is 0 Å². The molecule has 0 radical (unpaired) electrons. The van der Waals surface area contributed by atoms with Gasteiger partial charge < -0.3 is 5.32 Å². The van der Waals surface area contributed by atoms with E-state index in [2.05, 4.69) is 15.8 Å². The zero-order valence-electron chi connectivity index (χ0n) is 14.9. The Balaban J connectivity index is 1.75. The number of halogens is 1. The van der Waals surface area contributed by atoms with Gasteiger partial charge in [-0.3, -0.25) is 9.59 Å². The highest BCUT2D eigenvalue weighted by Gasteiger charge is 2.13. The molecule has 0 aliphatic rings. The fraction of sp³-hybridized carbons (Fsp3) is 0.0455. The number of rotatable bonds is 6. The van der Waals surface area contributed by atoms with Gasteiger partial charge in [-0.05, 0) is 29.8 Å². The van der Waals surface area contributed by atoms with Gasteiger partial charge in [0.25, 0.3) is 11.8 Å². The molecule has 140 valence electrons. The number of nitrogens with zero attached hydrogens (tertiary/aromatic N) is 1. The minimum absolute atomic E-state index is 0.0201. The molecule has 0 atom stereocenters. The lowest BCUT2D eigenvalue weighted by atomic mass is 10.1. The second-order valence-corrected chi connectivity index (χ2v) is 5.89. The molecule has 5 nitrogen and oxygen atoms in total. The summed E-state index contributed by atoms with van der Waals surface area (Å²) >= 11 is 0. The van der Waals surface area contributed by atoms with Crippen LogP contribution in [-0.4, -0.2) is 24.1 Å².